The van der Waals surface area contributed by atoms with Crippen molar-refractivity contribution >= 4 is 44.9 Å². The summed E-state index contributed by atoms with van der Waals surface area (Å²) in [5.41, 5.74) is 18.3. The molecule has 0 aromatic heterocycles. The number of ether oxygens (including phenoxy) is 2. The minimum absolute atomic E-state index is 0.560. The van der Waals surface area contributed by atoms with Crippen LogP contribution in [0.3, 0.4) is 0 Å². The molecule has 0 amide bonds. The van der Waals surface area contributed by atoms with E-state index in [1.54, 1.807) is 14.2 Å². The number of anilines is 6. The van der Waals surface area contributed by atoms with Gasteiger partial charge in [0.25, 0.3) is 0 Å². The van der Waals surface area contributed by atoms with Gasteiger partial charge in [0, 0.05) is 22.7 Å². The number of aryl methyl sites for hydroxylation is 2. The van der Waals surface area contributed by atoms with E-state index in [9.17, 15) is 0 Å². The second kappa shape index (κ2) is 14.3. The van der Waals surface area contributed by atoms with E-state index in [4.69, 9.17) is 9.47 Å². The molecular weight excluding hydrogens is 745 g/mol. The lowest BCUT2D eigenvalue weighted by Crippen LogP contribution is -2.26. The first-order valence-electron chi connectivity index (χ1n) is 20.9. The second-order valence-electron chi connectivity index (χ2n) is 16.2. The van der Waals surface area contributed by atoms with Crippen molar-refractivity contribution in [3.8, 4) is 33.8 Å². The molecular formula is C57H44N2O2. The van der Waals surface area contributed by atoms with Crippen molar-refractivity contribution in [3.05, 3.63) is 228 Å². The maximum Gasteiger partial charge on any atom is 0.142 e. The highest BCUT2D eigenvalue weighted by atomic mass is 16.5. The number of hydrogen-bond donors (Lipinski definition) is 0. The van der Waals surface area contributed by atoms with Crippen molar-refractivity contribution in [2.45, 2.75) is 19.3 Å². The Bertz CT molecular complexity index is 3140. The van der Waals surface area contributed by atoms with Crippen LogP contribution in [-0.4, -0.2) is 14.2 Å². The molecule has 4 heteroatoms. The minimum Gasteiger partial charge on any atom is -0.495 e. The summed E-state index contributed by atoms with van der Waals surface area (Å²) in [7, 11) is 3.49. The average Bonchev–Trinajstić information content (AvgIpc) is 3.75. The van der Waals surface area contributed by atoms with Gasteiger partial charge >= 0.3 is 0 Å². The summed E-state index contributed by atoms with van der Waals surface area (Å²) in [5.74, 6) is 1.63. The van der Waals surface area contributed by atoms with Crippen molar-refractivity contribution in [2.75, 3.05) is 24.0 Å². The third-order valence-electron chi connectivity index (χ3n) is 12.7. The molecule has 0 saturated carbocycles. The number of hydrogen-bond acceptors (Lipinski definition) is 4. The summed E-state index contributed by atoms with van der Waals surface area (Å²) in [4.78, 5) is 4.66. The van der Waals surface area contributed by atoms with Crippen molar-refractivity contribution in [3.63, 3.8) is 0 Å². The summed E-state index contributed by atoms with van der Waals surface area (Å²) in [6.07, 6.45) is 0. The fourth-order valence-electron chi connectivity index (χ4n) is 10.2. The SMILES string of the molecule is COc1ccccc1N(c1cccc(C)c1)c1ccc2c(c1)C1(c3ccccc3-c3ccccc31)c1cc3cc(N(c4cccc(C)c4)c4ccccc4OC)ccc3cc1-2. The Hall–Kier alpha value is -7.56. The molecule has 61 heavy (non-hydrogen) atoms. The monoisotopic (exact) mass is 788 g/mol. The lowest BCUT2D eigenvalue weighted by Gasteiger charge is -2.32. The van der Waals surface area contributed by atoms with Crippen molar-refractivity contribution in [1.29, 1.82) is 0 Å². The molecule has 0 saturated heterocycles. The molecule has 0 fully saturated rings. The topological polar surface area (TPSA) is 24.9 Å². The van der Waals surface area contributed by atoms with Crippen LogP contribution >= 0.6 is 0 Å². The van der Waals surface area contributed by atoms with Gasteiger partial charge in [-0.2, -0.15) is 0 Å². The van der Waals surface area contributed by atoms with E-state index < -0.39 is 5.41 Å². The van der Waals surface area contributed by atoms with Crippen LogP contribution in [0.4, 0.5) is 34.1 Å². The van der Waals surface area contributed by atoms with Gasteiger partial charge < -0.3 is 19.3 Å². The number of nitrogens with zero attached hydrogens (tertiary/aromatic N) is 2. The van der Waals surface area contributed by atoms with Crippen LogP contribution < -0.4 is 19.3 Å². The zero-order valence-electron chi connectivity index (χ0n) is 34.7. The van der Waals surface area contributed by atoms with Gasteiger partial charge in [-0.1, -0.05) is 109 Å². The van der Waals surface area contributed by atoms with E-state index in [-0.39, 0.29) is 0 Å². The van der Waals surface area contributed by atoms with Crippen LogP contribution in [0, 0.1) is 13.8 Å². The third kappa shape index (κ3) is 5.59. The molecule has 2 aliphatic rings. The van der Waals surface area contributed by atoms with Crippen molar-refractivity contribution < 1.29 is 9.47 Å². The number of para-hydroxylation sites is 4. The highest BCUT2D eigenvalue weighted by Gasteiger charge is 2.52. The van der Waals surface area contributed by atoms with Gasteiger partial charge in [-0.15, -0.1) is 0 Å². The molecule has 0 atom stereocenters. The normalized spacial score (nSPS) is 12.7. The summed E-state index contributed by atoms with van der Waals surface area (Å²) >= 11 is 0. The van der Waals surface area contributed by atoms with E-state index in [1.165, 1.54) is 66.4 Å². The molecule has 1 spiro atoms. The Morgan fingerprint density at radius 1 is 0.344 bits per heavy atom. The van der Waals surface area contributed by atoms with Crippen LogP contribution in [0.1, 0.15) is 33.4 Å². The van der Waals surface area contributed by atoms with E-state index in [1.807, 2.05) is 24.3 Å². The Kier molecular flexibility index (Phi) is 8.57. The van der Waals surface area contributed by atoms with E-state index in [2.05, 4.69) is 194 Å². The number of methoxy groups -OCH3 is 2. The van der Waals surface area contributed by atoms with Crippen LogP contribution in [0.2, 0.25) is 0 Å². The summed E-state index contributed by atoms with van der Waals surface area (Å²) in [6, 6.07) is 70.8. The fourth-order valence-corrected chi connectivity index (χ4v) is 10.2. The Morgan fingerprint density at radius 3 is 1.39 bits per heavy atom. The number of rotatable bonds is 8. The highest BCUT2D eigenvalue weighted by molar-refractivity contribution is 6.02. The molecule has 0 unspecified atom stereocenters. The van der Waals surface area contributed by atoms with Gasteiger partial charge in [0.1, 0.15) is 11.5 Å². The molecule has 2 aliphatic carbocycles. The first-order chi connectivity index (χ1) is 30.0. The molecule has 11 rings (SSSR count). The quantitative estimate of drug-likeness (QED) is 0.153. The fraction of sp³-hybridized carbons (Fsp3) is 0.0877. The lowest BCUT2D eigenvalue weighted by molar-refractivity contribution is 0.416. The zero-order chi connectivity index (χ0) is 41.2. The Morgan fingerprint density at radius 2 is 0.820 bits per heavy atom. The molecule has 0 radical (unpaired) electrons. The molecule has 0 N–H and O–H groups in total. The van der Waals surface area contributed by atoms with E-state index in [0.717, 1.165) is 45.6 Å². The number of benzene rings is 9. The molecule has 0 bridgehead atoms. The van der Waals surface area contributed by atoms with Gasteiger partial charge in [-0.3, -0.25) is 0 Å². The van der Waals surface area contributed by atoms with Gasteiger partial charge in [-0.05, 0) is 165 Å². The molecule has 0 aliphatic heterocycles. The molecule has 4 nitrogen and oxygen atoms in total. The van der Waals surface area contributed by atoms with E-state index in [0.29, 0.717) is 0 Å². The summed E-state index contributed by atoms with van der Waals surface area (Å²) in [5, 5.41) is 2.36. The maximum absolute atomic E-state index is 6.02. The van der Waals surface area contributed by atoms with Crippen LogP contribution in [0.15, 0.2) is 194 Å². The lowest BCUT2D eigenvalue weighted by atomic mass is 9.70. The second-order valence-corrected chi connectivity index (χ2v) is 16.2. The summed E-state index contributed by atoms with van der Waals surface area (Å²) in [6.45, 7) is 4.29. The first kappa shape index (κ1) is 36.5. The van der Waals surface area contributed by atoms with Gasteiger partial charge in [0.2, 0.25) is 0 Å². The highest BCUT2D eigenvalue weighted by Crippen LogP contribution is 2.64. The Labute approximate surface area is 357 Å². The molecule has 9 aromatic rings. The summed E-state index contributed by atoms with van der Waals surface area (Å²) < 4.78 is 12.0. The van der Waals surface area contributed by atoms with Crippen LogP contribution in [0.5, 0.6) is 11.5 Å². The molecule has 294 valence electrons. The largest absolute Gasteiger partial charge is 0.495 e. The van der Waals surface area contributed by atoms with Crippen molar-refractivity contribution in [1.82, 2.24) is 0 Å². The third-order valence-corrected chi connectivity index (χ3v) is 12.7. The van der Waals surface area contributed by atoms with Crippen LogP contribution in [0.25, 0.3) is 33.0 Å². The molecule has 0 heterocycles. The standard InChI is InChI=1S/C57H44N2O2/c1-37-15-13-17-41(31-37)58(53-23-9-11-25-55(53)60-3)43-28-27-39-34-48-47-30-29-44(59(42-18-14-16-38(2)32-42)54-24-10-12-26-56(54)61-4)36-52(47)57(51(48)35-40(39)33-43)49-21-7-5-19-45(49)46-20-6-8-22-50(46)57/h5-36H,1-4H3. The molecule has 9 aromatic carbocycles. The number of fused-ring (bicyclic) bond motifs is 11. The van der Waals surface area contributed by atoms with Gasteiger partial charge in [0.05, 0.1) is 31.0 Å². The average molecular weight is 789 g/mol. The minimum atomic E-state index is -0.560. The Balaban J connectivity index is 1.18. The van der Waals surface area contributed by atoms with Gasteiger partial charge in [-0.25, -0.2) is 0 Å². The zero-order valence-corrected chi connectivity index (χ0v) is 34.7. The maximum atomic E-state index is 6.02. The van der Waals surface area contributed by atoms with E-state index >= 15 is 0 Å². The predicted octanol–water partition coefficient (Wildman–Crippen LogP) is 14.8. The van der Waals surface area contributed by atoms with Crippen LogP contribution in [-0.2, 0) is 5.41 Å². The van der Waals surface area contributed by atoms with Gasteiger partial charge in [0.15, 0.2) is 0 Å². The smallest absolute Gasteiger partial charge is 0.142 e. The predicted molar refractivity (Wildman–Crippen MR) is 252 cm³/mol. The van der Waals surface area contributed by atoms with Crippen molar-refractivity contribution in [2.24, 2.45) is 0 Å². The first-order valence-corrected chi connectivity index (χ1v) is 20.9.